The van der Waals surface area contributed by atoms with Crippen molar-refractivity contribution < 1.29 is 27.8 Å². The molecule has 1 aliphatic heterocycles. The molecule has 0 spiro atoms. The van der Waals surface area contributed by atoms with Gasteiger partial charge in [0.15, 0.2) is 0 Å². The van der Waals surface area contributed by atoms with E-state index < -0.39 is 17.9 Å². The molecule has 1 aromatic rings. The van der Waals surface area contributed by atoms with E-state index in [2.05, 4.69) is 4.74 Å². The van der Waals surface area contributed by atoms with Crippen molar-refractivity contribution in [2.45, 2.75) is 31.2 Å². The Bertz CT molecular complexity index is 523. The number of aliphatic carboxylic acids is 1. The number of anilines is 1. The Morgan fingerprint density at radius 1 is 1.27 bits per heavy atom. The number of ether oxygens (including phenoxy) is 1. The Morgan fingerprint density at radius 3 is 2.27 bits per heavy atom. The van der Waals surface area contributed by atoms with Crippen molar-refractivity contribution in [2.75, 3.05) is 18.0 Å². The predicted molar refractivity (Wildman–Crippen MR) is 73.7 cm³/mol. The van der Waals surface area contributed by atoms with Crippen LogP contribution in [0.3, 0.4) is 0 Å². The van der Waals surface area contributed by atoms with Gasteiger partial charge in [0, 0.05) is 24.3 Å². The van der Waals surface area contributed by atoms with Crippen LogP contribution in [0.4, 0.5) is 18.9 Å². The molecule has 1 aromatic carbocycles. The van der Waals surface area contributed by atoms with Crippen molar-refractivity contribution in [3.63, 3.8) is 0 Å². The fourth-order valence-corrected chi connectivity index (χ4v) is 2.55. The zero-order valence-corrected chi connectivity index (χ0v) is 11.8. The first kappa shape index (κ1) is 16.4. The van der Waals surface area contributed by atoms with Gasteiger partial charge in [0.2, 0.25) is 0 Å². The molecular weight excluding hydrogens is 301 g/mol. The Labute approximate surface area is 125 Å². The predicted octanol–water partition coefficient (Wildman–Crippen LogP) is 2.36. The molecular formula is C14H17F3N2O3. The second-order valence-electron chi connectivity index (χ2n) is 5.46. The van der Waals surface area contributed by atoms with Gasteiger partial charge in [-0.25, -0.2) is 0 Å². The number of carboxylic acid groups (broad SMARTS) is 1. The number of nitrogens with zero attached hydrogens (tertiary/aromatic N) is 1. The minimum atomic E-state index is -4.71. The Balaban J connectivity index is 1.95. The summed E-state index contributed by atoms with van der Waals surface area (Å²) in [5, 5.41) is 8.84. The van der Waals surface area contributed by atoms with E-state index in [9.17, 15) is 18.0 Å². The smallest absolute Gasteiger partial charge is 0.481 e. The van der Waals surface area contributed by atoms with Gasteiger partial charge >= 0.3 is 12.3 Å². The number of halogens is 3. The monoisotopic (exact) mass is 318 g/mol. The van der Waals surface area contributed by atoms with E-state index in [0.29, 0.717) is 25.9 Å². The highest BCUT2D eigenvalue weighted by molar-refractivity contribution is 5.68. The number of piperidine rings is 1. The van der Waals surface area contributed by atoms with Crippen molar-refractivity contribution in [1.82, 2.24) is 0 Å². The van der Waals surface area contributed by atoms with Crippen molar-refractivity contribution >= 4 is 11.7 Å². The number of rotatable bonds is 4. The summed E-state index contributed by atoms with van der Waals surface area (Å²) in [6.07, 6.45) is -3.76. The van der Waals surface area contributed by atoms with Gasteiger partial charge in [-0.2, -0.15) is 0 Å². The van der Waals surface area contributed by atoms with Crippen LogP contribution in [0.15, 0.2) is 24.3 Å². The molecule has 0 radical (unpaired) electrons. The SMILES string of the molecule is NC1(CC(=O)O)CCN(c2ccc(OC(F)(F)F)cc2)CC1. The average molecular weight is 318 g/mol. The van der Waals surface area contributed by atoms with Crippen LogP contribution in [-0.4, -0.2) is 36.1 Å². The summed E-state index contributed by atoms with van der Waals surface area (Å²) < 4.78 is 40.1. The molecule has 0 saturated carbocycles. The van der Waals surface area contributed by atoms with Crippen LogP contribution in [0.1, 0.15) is 19.3 Å². The van der Waals surface area contributed by atoms with Crippen LogP contribution in [0, 0.1) is 0 Å². The molecule has 0 aliphatic carbocycles. The fraction of sp³-hybridized carbons (Fsp3) is 0.500. The van der Waals surface area contributed by atoms with Crippen LogP contribution >= 0.6 is 0 Å². The maximum Gasteiger partial charge on any atom is 0.573 e. The summed E-state index contributed by atoms with van der Waals surface area (Å²) in [6.45, 7) is 1.12. The van der Waals surface area contributed by atoms with Gasteiger partial charge in [-0.15, -0.1) is 13.2 Å². The number of carboxylic acids is 1. The molecule has 5 nitrogen and oxygen atoms in total. The number of carbonyl (C=O) groups is 1. The molecule has 22 heavy (non-hydrogen) atoms. The second kappa shape index (κ2) is 6.04. The largest absolute Gasteiger partial charge is 0.573 e. The number of benzene rings is 1. The average Bonchev–Trinajstić information content (AvgIpc) is 2.37. The number of hydrogen-bond acceptors (Lipinski definition) is 4. The fourth-order valence-electron chi connectivity index (χ4n) is 2.55. The molecule has 0 unspecified atom stereocenters. The van der Waals surface area contributed by atoms with Crippen LogP contribution < -0.4 is 15.4 Å². The summed E-state index contributed by atoms with van der Waals surface area (Å²) in [5.74, 6) is -1.20. The normalized spacial score (nSPS) is 18.1. The number of hydrogen-bond donors (Lipinski definition) is 2. The summed E-state index contributed by atoms with van der Waals surface area (Å²) in [5.41, 5.74) is 6.08. The van der Waals surface area contributed by atoms with E-state index in [0.717, 1.165) is 5.69 Å². The quantitative estimate of drug-likeness (QED) is 0.891. The van der Waals surface area contributed by atoms with E-state index in [1.54, 1.807) is 12.1 Å². The molecule has 122 valence electrons. The molecule has 1 fully saturated rings. The van der Waals surface area contributed by atoms with Gasteiger partial charge in [0.25, 0.3) is 0 Å². The van der Waals surface area contributed by atoms with E-state index in [4.69, 9.17) is 10.8 Å². The van der Waals surface area contributed by atoms with E-state index in [-0.39, 0.29) is 12.2 Å². The highest BCUT2D eigenvalue weighted by Crippen LogP contribution is 2.29. The minimum absolute atomic E-state index is 0.0841. The van der Waals surface area contributed by atoms with Gasteiger partial charge in [-0.3, -0.25) is 4.79 Å². The zero-order valence-electron chi connectivity index (χ0n) is 11.8. The van der Waals surface area contributed by atoms with Gasteiger partial charge in [-0.05, 0) is 37.1 Å². The number of nitrogens with two attached hydrogens (primary N) is 1. The van der Waals surface area contributed by atoms with Gasteiger partial charge in [-0.1, -0.05) is 0 Å². The molecule has 0 atom stereocenters. The summed E-state index contributed by atoms with van der Waals surface area (Å²) in [7, 11) is 0. The first-order valence-electron chi connectivity index (χ1n) is 6.78. The van der Waals surface area contributed by atoms with Crippen molar-refractivity contribution in [3.8, 4) is 5.75 Å². The van der Waals surface area contributed by atoms with Crippen LogP contribution in [0.2, 0.25) is 0 Å². The van der Waals surface area contributed by atoms with E-state index >= 15 is 0 Å². The molecule has 3 N–H and O–H groups in total. The molecule has 0 bridgehead atoms. The molecule has 1 saturated heterocycles. The molecule has 1 aliphatic rings. The van der Waals surface area contributed by atoms with Gasteiger partial charge in [0.05, 0.1) is 6.42 Å². The lowest BCUT2D eigenvalue weighted by Crippen LogP contribution is -2.51. The lowest BCUT2D eigenvalue weighted by molar-refractivity contribution is -0.274. The minimum Gasteiger partial charge on any atom is -0.481 e. The maximum atomic E-state index is 12.1. The number of alkyl halides is 3. The van der Waals surface area contributed by atoms with Crippen molar-refractivity contribution in [3.05, 3.63) is 24.3 Å². The lowest BCUT2D eigenvalue weighted by atomic mass is 9.85. The Kier molecular flexibility index (Phi) is 4.50. The first-order valence-corrected chi connectivity index (χ1v) is 6.78. The second-order valence-corrected chi connectivity index (χ2v) is 5.46. The molecule has 2 rings (SSSR count). The lowest BCUT2D eigenvalue weighted by Gasteiger charge is -2.39. The zero-order chi connectivity index (χ0) is 16.4. The van der Waals surface area contributed by atoms with Gasteiger partial charge < -0.3 is 20.5 Å². The van der Waals surface area contributed by atoms with E-state index in [1.807, 2.05) is 4.90 Å². The highest BCUT2D eigenvalue weighted by atomic mass is 19.4. The third-order valence-electron chi connectivity index (χ3n) is 3.70. The summed E-state index contributed by atoms with van der Waals surface area (Å²) >= 11 is 0. The molecule has 1 heterocycles. The van der Waals surface area contributed by atoms with Crippen molar-refractivity contribution in [1.29, 1.82) is 0 Å². The van der Waals surface area contributed by atoms with Crippen LogP contribution in [0.5, 0.6) is 5.75 Å². The van der Waals surface area contributed by atoms with Crippen LogP contribution in [-0.2, 0) is 4.79 Å². The highest BCUT2D eigenvalue weighted by Gasteiger charge is 2.33. The van der Waals surface area contributed by atoms with Gasteiger partial charge in [0.1, 0.15) is 5.75 Å². The summed E-state index contributed by atoms with van der Waals surface area (Å²) in [6, 6.07) is 5.60. The molecule has 0 aromatic heterocycles. The Hall–Kier alpha value is -1.96. The standard InChI is InChI=1S/C14H17F3N2O3/c15-14(16,17)22-11-3-1-10(2-4-11)19-7-5-13(18,6-8-19)9-12(20)21/h1-4H,5-9,18H2,(H,20,21). The third kappa shape index (κ3) is 4.52. The third-order valence-corrected chi connectivity index (χ3v) is 3.70. The Morgan fingerprint density at radius 2 is 1.82 bits per heavy atom. The molecule has 8 heteroatoms. The maximum absolute atomic E-state index is 12.1. The summed E-state index contributed by atoms with van der Waals surface area (Å²) in [4.78, 5) is 12.7. The first-order chi connectivity index (χ1) is 10.2. The van der Waals surface area contributed by atoms with E-state index in [1.165, 1.54) is 12.1 Å². The topological polar surface area (TPSA) is 75.8 Å². The van der Waals surface area contributed by atoms with Crippen LogP contribution in [0.25, 0.3) is 0 Å². The molecule has 0 amide bonds. The van der Waals surface area contributed by atoms with Crippen molar-refractivity contribution in [2.24, 2.45) is 5.73 Å².